The minimum Gasteiger partial charge on any atom is -0.380 e. The van der Waals surface area contributed by atoms with Crippen LogP contribution in [0.4, 0.5) is 17.1 Å². The van der Waals surface area contributed by atoms with Gasteiger partial charge < -0.3 is 10.6 Å². The third kappa shape index (κ3) is 2.88. The smallest absolute Gasteiger partial charge is 0.253 e. The summed E-state index contributed by atoms with van der Waals surface area (Å²) in [5.41, 5.74) is 1.64. The fraction of sp³-hybridized carbons (Fsp3) is 0.118. The Morgan fingerprint density at radius 3 is 2.27 bits per heavy atom. The van der Waals surface area contributed by atoms with Crippen LogP contribution in [0.25, 0.3) is 0 Å². The highest BCUT2D eigenvalue weighted by Gasteiger charge is 2.20. The Morgan fingerprint density at radius 2 is 1.55 bits per heavy atom. The summed E-state index contributed by atoms with van der Waals surface area (Å²) < 4.78 is 0. The maximum atomic E-state index is 11.7. The molecule has 0 atom stereocenters. The van der Waals surface area contributed by atoms with E-state index in [0.29, 0.717) is 17.9 Å². The van der Waals surface area contributed by atoms with Crippen LogP contribution in [0.1, 0.15) is 5.56 Å². The molecule has 0 fully saturated rings. The predicted octanol–water partition coefficient (Wildman–Crippen LogP) is 2.08. The number of anilines is 3. The lowest BCUT2D eigenvalue weighted by Gasteiger charge is -2.14. The fourth-order valence-corrected chi connectivity index (χ4v) is 2.24. The van der Waals surface area contributed by atoms with Gasteiger partial charge in [0.1, 0.15) is 11.4 Å². The van der Waals surface area contributed by atoms with E-state index in [1.165, 1.54) is 5.56 Å². The van der Waals surface area contributed by atoms with E-state index in [4.69, 9.17) is 0 Å². The molecule has 3 aromatic rings. The first-order valence-corrected chi connectivity index (χ1v) is 7.04. The van der Waals surface area contributed by atoms with Crippen LogP contribution in [0.5, 0.6) is 0 Å². The van der Waals surface area contributed by atoms with Gasteiger partial charge in [-0.2, -0.15) is 0 Å². The summed E-state index contributed by atoms with van der Waals surface area (Å²) >= 11 is 0. The van der Waals surface area contributed by atoms with Crippen LogP contribution >= 0.6 is 0 Å². The Bertz CT molecular complexity index is 822. The van der Waals surface area contributed by atoms with Crippen molar-refractivity contribution in [2.75, 3.05) is 17.2 Å². The highest BCUT2D eigenvalue weighted by Crippen LogP contribution is 2.19. The van der Waals surface area contributed by atoms with E-state index in [9.17, 15) is 9.59 Å². The van der Waals surface area contributed by atoms with Crippen LogP contribution in [0.3, 0.4) is 0 Å². The molecule has 5 heteroatoms. The van der Waals surface area contributed by atoms with E-state index in [1.54, 1.807) is 24.5 Å². The quantitative estimate of drug-likeness (QED) is 0.681. The molecule has 5 nitrogen and oxygen atoms in total. The van der Waals surface area contributed by atoms with Crippen LogP contribution in [0.2, 0.25) is 0 Å². The molecule has 0 radical (unpaired) electrons. The molecular formula is C17H15N3O2. The van der Waals surface area contributed by atoms with Gasteiger partial charge in [-0.1, -0.05) is 30.3 Å². The topological polar surface area (TPSA) is 71.1 Å². The highest BCUT2D eigenvalue weighted by atomic mass is 16.2. The molecule has 0 amide bonds. The number of benzene rings is 1. The van der Waals surface area contributed by atoms with Crippen molar-refractivity contribution < 1.29 is 0 Å². The molecule has 2 N–H and O–H groups in total. The summed E-state index contributed by atoms with van der Waals surface area (Å²) in [6.07, 6.45) is 4.03. The molecule has 3 rings (SSSR count). The number of hydrogen-bond acceptors (Lipinski definition) is 5. The third-order valence-corrected chi connectivity index (χ3v) is 3.42. The zero-order valence-electron chi connectivity index (χ0n) is 11.9. The first-order chi connectivity index (χ1) is 10.8. The van der Waals surface area contributed by atoms with E-state index in [1.807, 2.05) is 30.3 Å². The number of pyridine rings is 1. The largest absolute Gasteiger partial charge is 0.380 e. The zero-order valence-corrected chi connectivity index (χ0v) is 11.9. The molecule has 22 heavy (non-hydrogen) atoms. The Morgan fingerprint density at radius 1 is 0.864 bits per heavy atom. The third-order valence-electron chi connectivity index (χ3n) is 3.42. The number of aromatic nitrogens is 1. The predicted molar refractivity (Wildman–Crippen MR) is 87.5 cm³/mol. The SMILES string of the molecule is O=c1c(NCCc2ccccc2)c(Nc2ccncc2)c1=O. The van der Waals surface area contributed by atoms with E-state index >= 15 is 0 Å². The molecule has 110 valence electrons. The lowest BCUT2D eigenvalue weighted by atomic mass is 10.1. The number of nitrogens with zero attached hydrogens (tertiary/aromatic N) is 1. The van der Waals surface area contributed by atoms with E-state index in [2.05, 4.69) is 15.6 Å². The Kier molecular flexibility index (Phi) is 3.96. The molecule has 1 aromatic heterocycles. The van der Waals surface area contributed by atoms with Gasteiger partial charge in [0.15, 0.2) is 0 Å². The standard InChI is InChI=1S/C17H15N3O2/c21-16-14(19-11-6-12-4-2-1-3-5-12)15(17(16)22)20-13-7-9-18-10-8-13/h1-5,7-10,19H,6,11H2,(H,18,20). The van der Waals surface area contributed by atoms with Crippen molar-refractivity contribution in [3.8, 4) is 0 Å². The van der Waals surface area contributed by atoms with Crippen molar-refractivity contribution in [2.45, 2.75) is 6.42 Å². The Balaban J connectivity index is 1.66. The van der Waals surface area contributed by atoms with Crippen molar-refractivity contribution in [2.24, 2.45) is 0 Å². The van der Waals surface area contributed by atoms with Gasteiger partial charge in [-0.3, -0.25) is 14.6 Å². The van der Waals surface area contributed by atoms with Crippen molar-refractivity contribution >= 4 is 17.1 Å². The molecule has 2 aromatic carbocycles. The molecule has 0 aliphatic heterocycles. The molecule has 0 spiro atoms. The number of hydrogen-bond donors (Lipinski definition) is 2. The van der Waals surface area contributed by atoms with Crippen LogP contribution in [-0.4, -0.2) is 11.5 Å². The van der Waals surface area contributed by atoms with Crippen LogP contribution in [0, 0.1) is 0 Å². The second-order valence-electron chi connectivity index (χ2n) is 4.93. The zero-order chi connectivity index (χ0) is 15.4. The van der Waals surface area contributed by atoms with Gasteiger partial charge in [-0.15, -0.1) is 0 Å². The van der Waals surface area contributed by atoms with Gasteiger partial charge in [0.05, 0.1) is 0 Å². The van der Waals surface area contributed by atoms with E-state index < -0.39 is 10.9 Å². The van der Waals surface area contributed by atoms with Crippen LogP contribution < -0.4 is 21.5 Å². The van der Waals surface area contributed by atoms with E-state index in [0.717, 1.165) is 12.1 Å². The molecule has 0 bridgehead atoms. The first-order valence-electron chi connectivity index (χ1n) is 7.04. The maximum absolute atomic E-state index is 11.7. The monoisotopic (exact) mass is 293 g/mol. The van der Waals surface area contributed by atoms with Gasteiger partial charge in [0.25, 0.3) is 10.9 Å². The highest BCUT2D eigenvalue weighted by molar-refractivity contribution is 5.78. The summed E-state index contributed by atoms with van der Waals surface area (Å²) in [5.74, 6) is 0. The lowest BCUT2D eigenvalue weighted by Crippen LogP contribution is -2.37. The minimum atomic E-state index is -0.487. The second-order valence-corrected chi connectivity index (χ2v) is 4.93. The van der Waals surface area contributed by atoms with Gasteiger partial charge in [0, 0.05) is 24.6 Å². The Hall–Kier alpha value is -2.95. The van der Waals surface area contributed by atoms with Crippen LogP contribution in [-0.2, 0) is 6.42 Å². The second kappa shape index (κ2) is 6.22. The van der Waals surface area contributed by atoms with Crippen molar-refractivity contribution in [1.82, 2.24) is 4.98 Å². The van der Waals surface area contributed by atoms with Gasteiger partial charge in [-0.05, 0) is 24.1 Å². The summed E-state index contributed by atoms with van der Waals surface area (Å²) in [4.78, 5) is 27.3. The van der Waals surface area contributed by atoms with Crippen LogP contribution in [0.15, 0.2) is 64.4 Å². The van der Waals surface area contributed by atoms with E-state index in [-0.39, 0.29) is 0 Å². The van der Waals surface area contributed by atoms with Crippen molar-refractivity contribution in [3.05, 3.63) is 80.9 Å². The van der Waals surface area contributed by atoms with Gasteiger partial charge in [0.2, 0.25) is 0 Å². The average molecular weight is 293 g/mol. The summed E-state index contributed by atoms with van der Waals surface area (Å²) in [7, 11) is 0. The minimum absolute atomic E-state index is 0.323. The van der Waals surface area contributed by atoms with Gasteiger partial charge in [-0.25, -0.2) is 0 Å². The molecule has 1 heterocycles. The molecular weight excluding hydrogens is 278 g/mol. The van der Waals surface area contributed by atoms with Crippen molar-refractivity contribution in [3.63, 3.8) is 0 Å². The lowest BCUT2D eigenvalue weighted by molar-refractivity contribution is 1.01. The number of nitrogens with one attached hydrogen (secondary N) is 2. The maximum Gasteiger partial charge on any atom is 0.253 e. The Labute approximate surface area is 127 Å². The molecule has 0 aliphatic carbocycles. The summed E-state index contributed by atoms with van der Waals surface area (Å²) in [6.45, 7) is 0.597. The van der Waals surface area contributed by atoms with Gasteiger partial charge >= 0.3 is 0 Å². The normalized spacial score (nSPS) is 10.5. The molecule has 0 saturated carbocycles. The molecule has 0 unspecified atom stereocenters. The summed E-state index contributed by atoms with van der Waals surface area (Å²) in [6, 6.07) is 13.5. The van der Waals surface area contributed by atoms with Crippen molar-refractivity contribution in [1.29, 1.82) is 0 Å². The molecule has 0 saturated heterocycles. The fourth-order valence-electron chi connectivity index (χ4n) is 2.24. The summed E-state index contributed by atoms with van der Waals surface area (Å²) in [5, 5.41) is 6.01. The molecule has 0 aliphatic rings. The average Bonchev–Trinajstić information content (AvgIpc) is 2.58. The first kappa shape index (κ1) is 14.0. The number of rotatable bonds is 6.